The van der Waals surface area contributed by atoms with Crippen LogP contribution in [0, 0.1) is 0 Å². The first-order chi connectivity index (χ1) is 10.9. The second-order valence-electron chi connectivity index (χ2n) is 5.60. The molecule has 1 fully saturated rings. The number of anilines is 1. The minimum atomic E-state index is -4.47. The number of nitrogens with one attached hydrogen (secondary N) is 1. The first-order valence-corrected chi connectivity index (χ1v) is 7.61. The lowest BCUT2D eigenvalue weighted by Crippen LogP contribution is -2.34. The van der Waals surface area contributed by atoms with E-state index in [9.17, 15) is 22.8 Å². The molecule has 1 aromatic carbocycles. The van der Waals surface area contributed by atoms with E-state index in [1.807, 2.05) is 0 Å². The molecule has 0 aromatic heterocycles. The molecular formula is C16H19F3N2O2. The number of rotatable bonds is 3. The average molecular weight is 328 g/mol. The van der Waals surface area contributed by atoms with Crippen LogP contribution in [0.5, 0.6) is 0 Å². The van der Waals surface area contributed by atoms with Crippen LogP contribution in [0.1, 0.15) is 37.7 Å². The van der Waals surface area contributed by atoms with Gasteiger partial charge in [0.25, 0.3) is 0 Å². The molecule has 0 radical (unpaired) electrons. The number of hydrogen-bond acceptors (Lipinski definition) is 2. The van der Waals surface area contributed by atoms with E-state index in [1.54, 1.807) is 4.90 Å². The Morgan fingerprint density at radius 1 is 1.09 bits per heavy atom. The lowest BCUT2D eigenvalue weighted by Gasteiger charge is -2.20. The van der Waals surface area contributed by atoms with Crippen LogP contribution < -0.4 is 5.32 Å². The highest BCUT2D eigenvalue weighted by atomic mass is 19.4. The maximum absolute atomic E-state index is 12.6. The van der Waals surface area contributed by atoms with E-state index in [2.05, 4.69) is 5.32 Å². The van der Waals surface area contributed by atoms with E-state index in [4.69, 9.17) is 0 Å². The first kappa shape index (κ1) is 17.3. The first-order valence-electron chi connectivity index (χ1n) is 7.61. The average Bonchev–Trinajstić information content (AvgIpc) is 2.75. The van der Waals surface area contributed by atoms with Gasteiger partial charge in [-0.05, 0) is 31.0 Å². The smallest absolute Gasteiger partial charge is 0.342 e. The van der Waals surface area contributed by atoms with Crippen LogP contribution >= 0.6 is 0 Å². The van der Waals surface area contributed by atoms with Crippen LogP contribution in [-0.2, 0) is 15.8 Å². The molecule has 0 saturated carbocycles. The summed E-state index contributed by atoms with van der Waals surface area (Å²) in [4.78, 5) is 25.6. The van der Waals surface area contributed by atoms with E-state index in [0.29, 0.717) is 13.1 Å². The molecule has 0 atom stereocenters. The van der Waals surface area contributed by atoms with E-state index in [-0.39, 0.29) is 18.0 Å². The number of hydrogen-bond donors (Lipinski definition) is 1. The largest absolute Gasteiger partial charge is 0.416 e. The Balaban J connectivity index is 1.92. The molecule has 1 saturated heterocycles. The SMILES string of the molecule is O=C(CC(=O)N1CCCCCC1)Nc1cccc(C(F)(F)F)c1. The molecule has 7 heteroatoms. The Morgan fingerprint density at radius 3 is 2.35 bits per heavy atom. The number of nitrogens with zero attached hydrogens (tertiary/aromatic N) is 1. The van der Waals surface area contributed by atoms with Crippen LogP contribution in [-0.4, -0.2) is 29.8 Å². The molecule has 23 heavy (non-hydrogen) atoms. The highest BCUT2D eigenvalue weighted by molar-refractivity contribution is 6.03. The zero-order chi connectivity index (χ0) is 16.9. The number of likely N-dealkylation sites (tertiary alicyclic amines) is 1. The lowest BCUT2D eigenvalue weighted by atomic mass is 10.2. The standard InChI is InChI=1S/C16H19F3N2O2/c17-16(18,19)12-6-5-7-13(10-12)20-14(22)11-15(23)21-8-3-1-2-4-9-21/h5-7,10H,1-4,8-9,11H2,(H,20,22). The number of halogens is 3. The van der Waals surface area contributed by atoms with Crippen molar-refractivity contribution in [3.05, 3.63) is 29.8 Å². The second-order valence-corrected chi connectivity index (χ2v) is 5.60. The summed E-state index contributed by atoms with van der Waals surface area (Å²) in [6.45, 7) is 1.27. The topological polar surface area (TPSA) is 49.4 Å². The Labute approximate surface area is 132 Å². The predicted octanol–water partition coefficient (Wildman–Crippen LogP) is 3.44. The van der Waals surface area contributed by atoms with Crippen molar-refractivity contribution in [2.24, 2.45) is 0 Å². The zero-order valence-corrected chi connectivity index (χ0v) is 12.7. The van der Waals surface area contributed by atoms with E-state index >= 15 is 0 Å². The quantitative estimate of drug-likeness (QED) is 0.864. The fourth-order valence-corrected chi connectivity index (χ4v) is 2.55. The fraction of sp³-hybridized carbons (Fsp3) is 0.500. The van der Waals surface area contributed by atoms with Crippen LogP contribution in [0.2, 0.25) is 0 Å². The fourth-order valence-electron chi connectivity index (χ4n) is 2.55. The van der Waals surface area contributed by atoms with Crippen LogP contribution in [0.25, 0.3) is 0 Å². The molecule has 0 aliphatic carbocycles. The van der Waals surface area contributed by atoms with Crippen molar-refractivity contribution in [3.63, 3.8) is 0 Å². The van der Waals surface area contributed by atoms with Crippen LogP contribution in [0.15, 0.2) is 24.3 Å². The van der Waals surface area contributed by atoms with Crippen molar-refractivity contribution >= 4 is 17.5 Å². The minimum absolute atomic E-state index is 0.0356. The number of alkyl halides is 3. The lowest BCUT2D eigenvalue weighted by molar-refractivity contribution is -0.138. The van der Waals surface area contributed by atoms with Gasteiger partial charge in [0.15, 0.2) is 0 Å². The van der Waals surface area contributed by atoms with Gasteiger partial charge in [-0.1, -0.05) is 18.9 Å². The number of carbonyl (C=O) groups excluding carboxylic acids is 2. The molecule has 1 heterocycles. The van der Waals surface area contributed by atoms with Crippen molar-refractivity contribution < 1.29 is 22.8 Å². The Hall–Kier alpha value is -2.05. The highest BCUT2D eigenvalue weighted by Gasteiger charge is 2.30. The van der Waals surface area contributed by atoms with Crippen molar-refractivity contribution in [1.82, 2.24) is 4.90 Å². The third-order valence-electron chi connectivity index (χ3n) is 3.74. The third-order valence-corrected chi connectivity index (χ3v) is 3.74. The molecule has 4 nitrogen and oxygen atoms in total. The van der Waals surface area contributed by atoms with Crippen molar-refractivity contribution in [3.8, 4) is 0 Å². The summed E-state index contributed by atoms with van der Waals surface area (Å²) in [5.74, 6) is -0.880. The summed E-state index contributed by atoms with van der Waals surface area (Å²) >= 11 is 0. The summed E-state index contributed by atoms with van der Waals surface area (Å²) in [5, 5.41) is 2.35. The van der Waals surface area contributed by atoms with Gasteiger partial charge in [-0.2, -0.15) is 13.2 Å². The van der Waals surface area contributed by atoms with Gasteiger partial charge in [0.1, 0.15) is 6.42 Å². The molecule has 1 N–H and O–H groups in total. The number of carbonyl (C=O) groups is 2. The van der Waals surface area contributed by atoms with Gasteiger partial charge in [-0.15, -0.1) is 0 Å². The molecule has 1 aromatic rings. The summed E-state index contributed by atoms with van der Waals surface area (Å²) < 4.78 is 37.9. The Bertz CT molecular complexity index is 565. The molecule has 1 aliphatic heterocycles. The van der Waals surface area contributed by atoms with E-state index in [1.165, 1.54) is 12.1 Å². The summed E-state index contributed by atoms with van der Waals surface area (Å²) in [6.07, 6.45) is -0.846. The van der Waals surface area contributed by atoms with E-state index in [0.717, 1.165) is 37.8 Å². The predicted molar refractivity (Wildman–Crippen MR) is 79.7 cm³/mol. The van der Waals surface area contributed by atoms with Crippen molar-refractivity contribution in [2.45, 2.75) is 38.3 Å². The normalized spacial score (nSPS) is 15.9. The molecule has 2 rings (SSSR count). The van der Waals surface area contributed by atoms with Gasteiger partial charge >= 0.3 is 6.18 Å². The summed E-state index contributed by atoms with van der Waals surface area (Å²) in [5.41, 5.74) is -0.803. The molecule has 1 aliphatic rings. The maximum atomic E-state index is 12.6. The maximum Gasteiger partial charge on any atom is 0.416 e. The molecule has 126 valence electrons. The third kappa shape index (κ3) is 5.26. The molecule has 0 spiro atoms. The molecule has 0 unspecified atom stereocenters. The van der Waals surface area contributed by atoms with Gasteiger partial charge in [-0.3, -0.25) is 9.59 Å². The van der Waals surface area contributed by atoms with Gasteiger partial charge in [0.05, 0.1) is 5.56 Å². The van der Waals surface area contributed by atoms with Gasteiger partial charge in [-0.25, -0.2) is 0 Å². The van der Waals surface area contributed by atoms with E-state index < -0.39 is 17.6 Å². The molecule has 0 bridgehead atoms. The van der Waals surface area contributed by atoms with Crippen molar-refractivity contribution in [2.75, 3.05) is 18.4 Å². The number of benzene rings is 1. The zero-order valence-electron chi connectivity index (χ0n) is 12.7. The monoisotopic (exact) mass is 328 g/mol. The van der Waals surface area contributed by atoms with Crippen LogP contribution in [0.4, 0.5) is 18.9 Å². The number of amides is 2. The van der Waals surface area contributed by atoms with Crippen LogP contribution in [0.3, 0.4) is 0 Å². The summed E-state index contributed by atoms with van der Waals surface area (Å²) in [7, 11) is 0. The molecule has 2 amide bonds. The Morgan fingerprint density at radius 2 is 1.74 bits per heavy atom. The highest BCUT2D eigenvalue weighted by Crippen LogP contribution is 2.30. The second kappa shape index (κ2) is 7.48. The minimum Gasteiger partial charge on any atom is -0.342 e. The molecular weight excluding hydrogens is 309 g/mol. The van der Waals surface area contributed by atoms with Crippen molar-refractivity contribution in [1.29, 1.82) is 0 Å². The van der Waals surface area contributed by atoms with Gasteiger partial charge < -0.3 is 10.2 Å². The Kier molecular flexibility index (Phi) is 5.63. The van der Waals surface area contributed by atoms with Gasteiger partial charge in [0, 0.05) is 18.8 Å². The summed E-state index contributed by atoms with van der Waals surface area (Å²) in [6, 6.07) is 4.37. The van der Waals surface area contributed by atoms with Gasteiger partial charge in [0.2, 0.25) is 11.8 Å².